The van der Waals surface area contributed by atoms with E-state index in [0.717, 1.165) is 4.88 Å². The summed E-state index contributed by atoms with van der Waals surface area (Å²) in [6.07, 6.45) is 1.64. The fraction of sp³-hybridized carbons (Fsp3) is 0.263. The van der Waals surface area contributed by atoms with E-state index in [4.69, 9.17) is 21.1 Å². The molecule has 2 rings (SSSR count). The van der Waals surface area contributed by atoms with Crippen LogP contribution in [0.3, 0.4) is 0 Å². The zero-order valence-corrected chi connectivity index (χ0v) is 16.7. The minimum atomic E-state index is -0.373. The highest BCUT2D eigenvalue weighted by Gasteiger charge is 2.16. The van der Waals surface area contributed by atoms with Crippen molar-refractivity contribution in [2.75, 3.05) is 27.3 Å². The SMILES string of the molecule is C=CCN(Cc1ccc(Cl)s1)C(=O)CNC(=O)c1ccc(OC)c(OC)c1. The molecule has 0 saturated heterocycles. The van der Waals surface area contributed by atoms with Gasteiger partial charge in [-0.2, -0.15) is 0 Å². The van der Waals surface area contributed by atoms with Gasteiger partial charge in [-0.05, 0) is 30.3 Å². The van der Waals surface area contributed by atoms with Crippen LogP contribution in [-0.2, 0) is 11.3 Å². The number of nitrogens with zero attached hydrogens (tertiary/aromatic N) is 1. The summed E-state index contributed by atoms with van der Waals surface area (Å²) >= 11 is 7.35. The molecule has 1 heterocycles. The first-order valence-corrected chi connectivity index (χ1v) is 9.31. The molecule has 2 aromatic rings. The van der Waals surface area contributed by atoms with Crippen molar-refractivity contribution >= 4 is 34.8 Å². The first-order valence-electron chi connectivity index (χ1n) is 8.11. The van der Waals surface area contributed by atoms with Gasteiger partial charge in [0.15, 0.2) is 11.5 Å². The Labute approximate surface area is 167 Å². The van der Waals surface area contributed by atoms with Crippen LogP contribution in [0.1, 0.15) is 15.2 Å². The molecule has 27 heavy (non-hydrogen) atoms. The summed E-state index contributed by atoms with van der Waals surface area (Å²) < 4.78 is 11.0. The van der Waals surface area contributed by atoms with Crippen molar-refractivity contribution in [1.82, 2.24) is 10.2 Å². The van der Waals surface area contributed by atoms with Crippen molar-refractivity contribution in [2.24, 2.45) is 0 Å². The number of ether oxygens (including phenoxy) is 2. The van der Waals surface area contributed by atoms with Gasteiger partial charge in [0.25, 0.3) is 5.91 Å². The van der Waals surface area contributed by atoms with Gasteiger partial charge >= 0.3 is 0 Å². The lowest BCUT2D eigenvalue weighted by Gasteiger charge is -2.20. The fourth-order valence-corrected chi connectivity index (χ4v) is 3.49. The summed E-state index contributed by atoms with van der Waals surface area (Å²) in [5.74, 6) is 0.381. The maximum Gasteiger partial charge on any atom is 0.251 e. The third kappa shape index (κ3) is 5.74. The van der Waals surface area contributed by atoms with Gasteiger partial charge in [-0.15, -0.1) is 17.9 Å². The molecule has 0 aliphatic carbocycles. The maximum atomic E-state index is 12.5. The molecule has 1 aromatic carbocycles. The van der Waals surface area contributed by atoms with Gasteiger partial charge in [0, 0.05) is 17.0 Å². The summed E-state index contributed by atoms with van der Waals surface area (Å²) in [4.78, 5) is 27.4. The lowest BCUT2D eigenvalue weighted by atomic mass is 10.2. The van der Waals surface area contributed by atoms with Gasteiger partial charge in [0.05, 0.1) is 31.6 Å². The number of halogens is 1. The molecule has 0 spiro atoms. The predicted octanol–water partition coefficient (Wildman–Crippen LogP) is 3.36. The van der Waals surface area contributed by atoms with E-state index in [0.29, 0.717) is 34.5 Å². The second kappa shape index (κ2) is 9.99. The first-order chi connectivity index (χ1) is 13.0. The minimum absolute atomic E-state index is 0.125. The van der Waals surface area contributed by atoms with Crippen LogP contribution in [0.2, 0.25) is 4.34 Å². The molecule has 0 aliphatic heterocycles. The van der Waals surface area contributed by atoms with E-state index >= 15 is 0 Å². The van der Waals surface area contributed by atoms with E-state index in [1.807, 2.05) is 6.07 Å². The standard InChI is InChI=1S/C19H21ClN2O4S/c1-4-9-22(12-14-6-8-17(20)27-14)18(23)11-21-19(24)13-5-7-15(25-2)16(10-13)26-3/h4-8,10H,1,9,11-12H2,2-3H3,(H,21,24). The molecule has 144 valence electrons. The van der Waals surface area contributed by atoms with Crippen molar-refractivity contribution in [1.29, 1.82) is 0 Å². The lowest BCUT2D eigenvalue weighted by molar-refractivity contribution is -0.130. The van der Waals surface area contributed by atoms with Crippen LogP contribution in [0.4, 0.5) is 0 Å². The molecule has 1 aromatic heterocycles. The highest BCUT2D eigenvalue weighted by molar-refractivity contribution is 7.16. The Morgan fingerprint density at radius 1 is 1.22 bits per heavy atom. The molecule has 0 bridgehead atoms. The number of carbonyl (C=O) groups excluding carboxylic acids is 2. The fourth-order valence-electron chi connectivity index (χ4n) is 2.38. The average Bonchev–Trinajstić information content (AvgIpc) is 3.09. The van der Waals surface area contributed by atoms with E-state index in [-0.39, 0.29) is 18.4 Å². The zero-order chi connectivity index (χ0) is 19.8. The summed E-state index contributed by atoms with van der Waals surface area (Å²) in [6.45, 7) is 4.34. The Morgan fingerprint density at radius 3 is 2.56 bits per heavy atom. The normalized spacial score (nSPS) is 10.2. The van der Waals surface area contributed by atoms with Crippen molar-refractivity contribution in [3.05, 3.63) is 57.8 Å². The molecule has 6 nitrogen and oxygen atoms in total. The van der Waals surface area contributed by atoms with Gasteiger partial charge in [-0.3, -0.25) is 9.59 Å². The van der Waals surface area contributed by atoms with Crippen molar-refractivity contribution in [3.8, 4) is 11.5 Å². The summed E-state index contributed by atoms with van der Waals surface area (Å²) in [5.41, 5.74) is 0.376. The van der Waals surface area contributed by atoms with Gasteiger partial charge in [-0.25, -0.2) is 0 Å². The number of hydrogen-bond donors (Lipinski definition) is 1. The van der Waals surface area contributed by atoms with Crippen molar-refractivity contribution in [2.45, 2.75) is 6.54 Å². The van der Waals surface area contributed by atoms with Gasteiger partial charge in [0.2, 0.25) is 5.91 Å². The molecule has 1 N–H and O–H groups in total. The minimum Gasteiger partial charge on any atom is -0.493 e. The number of benzene rings is 1. The smallest absolute Gasteiger partial charge is 0.251 e. The quantitative estimate of drug-likeness (QED) is 0.646. The first kappa shape index (κ1) is 20.8. The largest absolute Gasteiger partial charge is 0.493 e. The molecule has 2 amide bonds. The Bertz CT molecular complexity index is 822. The topological polar surface area (TPSA) is 67.9 Å². The second-order valence-corrected chi connectivity index (χ2v) is 7.32. The molecule has 0 aliphatic rings. The molecular weight excluding hydrogens is 388 g/mol. The van der Waals surface area contributed by atoms with Gasteiger partial charge in [0.1, 0.15) is 0 Å². The summed E-state index contributed by atoms with van der Waals surface area (Å²) in [6, 6.07) is 8.47. The van der Waals surface area contributed by atoms with Crippen LogP contribution in [0.25, 0.3) is 0 Å². The third-order valence-corrected chi connectivity index (χ3v) is 4.94. The lowest BCUT2D eigenvalue weighted by Crippen LogP contribution is -2.39. The Hall–Kier alpha value is -2.51. The number of nitrogens with one attached hydrogen (secondary N) is 1. The van der Waals surface area contributed by atoms with Crippen molar-refractivity contribution in [3.63, 3.8) is 0 Å². The number of carbonyl (C=O) groups is 2. The Kier molecular flexibility index (Phi) is 7.69. The van der Waals surface area contributed by atoms with Crippen LogP contribution >= 0.6 is 22.9 Å². The molecule has 0 saturated carbocycles. The van der Waals surface area contributed by atoms with E-state index < -0.39 is 0 Å². The van der Waals surface area contributed by atoms with Crippen LogP contribution < -0.4 is 14.8 Å². The molecule has 8 heteroatoms. The molecule has 0 fully saturated rings. The predicted molar refractivity (Wildman–Crippen MR) is 107 cm³/mol. The summed E-state index contributed by atoms with van der Waals surface area (Å²) in [7, 11) is 3.01. The number of rotatable bonds is 9. The van der Waals surface area contributed by atoms with E-state index in [2.05, 4.69) is 11.9 Å². The van der Waals surface area contributed by atoms with Crippen LogP contribution in [-0.4, -0.2) is 44.0 Å². The Balaban J connectivity index is 1.99. The summed E-state index contributed by atoms with van der Waals surface area (Å²) in [5, 5.41) is 2.63. The average molecular weight is 409 g/mol. The van der Waals surface area contributed by atoms with Crippen LogP contribution in [0.5, 0.6) is 11.5 Å². The number of methoxy groups -OCH3 is 2. The van der Waals surface area contributed by atoms with Crippen LogP contribution in [0.15, 0.2) is 43.0 Å². The number of thiophene rings is 1. The molecule has 0 unspecified atom stereocenters. The highest BCUT2D eigenvalue weighted by Crippen LogP contribution is 2.27. The third-order valence-electron chi connectivity index (χ3n) is 3.72. The van der Waals surface area contributed by atoms with E-state index in [1.54, 1.807) is 35.2 Å². The number of hydrogen-bond acceptors (Lipinski definition) is 5. The van der Waals surface area contributed by atoms with Crippen molar-refractivity contribution < 1.29 is 19.1 Å². The molecular formula is C19H21ClN2O4S. The van der Waals surface area contributed by atoms with Crippen LogP contribution in [0, 0.1) is 0 Å². The Morgan fingerprint density at radius 2 is 1.96 bits per heavy atom. The second-order valence-electron chi connectivity index (χ2n) is 5.52. The number of amides is 2. The van der Waals surface area contributed by atoms with Gasteiger partial charge in [-0.1, -0.05) is 17.7 Å². The van der Waals surface area contributed by atoms with Gasteiger partial charge < -0.3 is 19.7 Å². The highest BCUT2D eigenvalue weighted by atomic mass is 35.5. The van der Waals surface area contributed by atoms with E-state index in [1.165, 1.54) is 25.6 Å². The molecule has 0 radical (unpaired) electrons. The maximum absolute atomic E-state index is 12.5. The monoisotopic (exact) mass is 408 g/mol. The van der Waals surface area contributed by atoms with E-state index in [9.17, 15) is 9.59 Å². The molecule has 0 atom stereocenters. The zero-order valence-electron chi connectivity index (χ0n) is 15.2.